The molecule has 2 aliphatic rings. The van der Waals surface area contributed by atoms with Crippen molar-refractivity contribution in [3.8, 4) is 17.1 Å². The second-order valence-corrected chi connectivity index (χ2v) is 10.7. The first-order valence-electron chi connectivity index (χ1n) is 12.8. The number of pyridine rings is 1. The average molecular weight is 517 g/mol. The lowest BCUT2D eigenvalue weighted by Gasteiger charge is -2.31. The van der Waals surface area contributed by atoms with Gasteiger partial charge in [-0.1, -0.05) is 61.9 Å². The van der Waals surface area contributed by atoms with Crippen molar-refractivity contribution in [1.82, 2.24) is 19.7 Å². The molecule has 6 nitrogen and oxygen atoms in total. The monoisotopic (exact) mass is 516 g/mol. The third kappa shape index (κ3) is 5.00. The van der Waals surface area contributed by atoms with E-state index in [9.17, 15) is 4.39 Å². The molecule has 1 aliphatic carbocycles. The van der Waals surface area contributed by atoms with Crippen LogP contribution in [-0.2, 0) is 17.1 Å². The zero-order valence-corrected chi connectivity index (χ0v) is 21.5. The van der Waals surface area contributed by atoms with Crippen LogP contribution < -0.4 is 4.74 Å². The van der Waals surface area contributed by atoms with Crippen molar-refractivity contribution in [1.29, 1.82) is 0 Å². The highest BCUT2D eigenvalue weighted by molar-refractivity contribution is 7.98. The maximum Gasteiger partial charge on any atom is 0.227 e. The molecule has 6 rings (SSSR count). The summed E-state index contributed by atoms with van der Waals surface area (Å²) >= 11 is 1.57. The number of halogens is 1. The summed E-state index contributed by atoms with van der Waals surface area (Å²) < 4.78 is 29.0. The molecule has 8 heteroatoms. The fraction of sp³-hybridized carbons (Fsp3) is 0.345. The van der Waals surface area contributed by atoms with Crippen LogP contribution in [0, 0.1) is 11.7 Å². The number of hydrogen-bond donors (Lipinski definition) is 0. The minimum absolute atomic E-state index is 0.293. The number of nitrogens with zero attached hydrogens (tertiary/aromatic N) is 4. The van der Waals surface area contributed by atoms with Crippen molar-refractivity contribution in [2.75, 3.05) is 0 Å². The molecule has 1 aliphatic heterocycles. The summed E-state index contributed by atoms with van der Waals surface area (Å²) in [5.74, 6) is 2.27. The van der Waals surface area contributed by atoms with Crippen LogP contribution >= 0.6 is 11.8 Å². The third-order valence-corrected chi connectivity index (χ3v) is 8.23. The summed E-state index contributed by atoms with van der Waals surface area (Å²) in [6.07, 6.45) is 7.80. The molecule has 0 amide bonds. The minimum atomic E-state index is -0.521. The smallest absolute Gasteiger partial charge is 0.227 e. The molecular weight excluding hydrogens is 487 g/mol. The molecule has 2 aromatic heterocycles. The zero-order valence-electron chi connectivity index (χ0n) is 20.7. The minimum Gasteiger partial charge on any atom is -0.460 e. The number of hydrogen-bond acceptors (Lipinski definition) is 6. The van der Waals surface area contributed by atoms with Crippen molar-refractivity contribution in [3.05, 3.63) is 89.5 Å². The Labute approximate surface area is 220 Å². The standard InChI is InChI=1S/C29H29FN4O2S/c1-19-8-5-6-12-25(19)34-27(21-11-7-13-31-16-21)32-33-29(34)37-18-23-15-24(30)14-22-17-35-28(36-26(22)23)20-9-3-2-4-10-20/h2-4,7,9-11,13-16,19,25,28H,5-6,8,12,17-18H2,1H3/t19-,25-,28-/m0/s1. The van der Waals surface area contributed by atoms with Crippen molar-refractivity contribution in [2.24, 2.45) is 5.92 Å². The van der Waals surface area contributed by atoms with Gasteiger partial charge in [0.1, 0.15) is 11.6 Å². The Hall–Kier alpha value is -3.23. The molecule has 0 saturated heterocycles. The van der Waals surface area contributed by atoms with E-state index in [-0.39, 0.29) is 5.82 Å². The van der Waals surface area contributed by atoms with Gasteiger partial charge in [0.05, 0.1) is 6.61 Å². The number of benzene rings is 2. The van der Waals surface area contributed by atoms with Gasteiger partial charge < -0.3 is 9.47 Å². The average Bonchev–Trinajstić information content (AvgIpc) is 3.36. The summed E-state index contributed by atoms with van der Waals surface area (Å²) in [4.78, 5) is 4.30. The predicted molar refractivity (Wildman–Crippen MR) is 140 cm³/mol. The van der Waals surface area contributed by atoms with Crippen molar-refractivity contribution in [3.63, 3.8) is 0 Å². The fourth-order valence-corrected chi connectivity index (χ4v) is 6.31. The topological polar surface area (TPSA) is 62.1 Å². The molecule has 2 aromatic carbocycles. The summed E-state index contributed by atoms with van der Waals surface area (Å²) in [7, 11) is 0. The molecule has 1 saturated carbocycles. The van der Waals surface area contributed by atoms with E-state index in [2.05, 4.69) is 26.7 Å². The van der Waals surface area contributed by atoms with E-state index in [0.717, 1.165) is 39.7 Å². The van der Waals surface area contributed by atoms with Crippen LogP contribution in [0.3, 0.4) is 0 Å². The highest BCUT2D eigenvalue weighted by atomic mass is 32.2. The third-order valence-electron chi connectivity index (χ3n) is 7.23. The maximum atomic E-state index is 14.6. The second kappa shape index (κ2) is 10.6. The van der Waals surface area contributed by atoms with Gasteiger partial charge >= 0.3 is 0 Å². The molecule has 0 unspecified atom stereocenters. The zero-order chi connectivity index (χ0) is 25.2. The molecule has 0 N–H and O–H groups in total. The molecule has 37 heavy (non-hydrogen) atoms. The Morgan fingerprint density at radius 3 is 2.73 bits per heavy atom. The predicted octanol–water partition coefficient (Wildman–Crippen LogP) is 7.13. The summed E-state index contributed by atoms with van der Waals surface area (Å²) in [6.45, 7) is 2.61. The van der Waals surface area contributed by atoms with E-state index in [1.54, 1.807) is 24.0 Å². The molecule has 0 spiro atoms. The lowest BCUT2D eigenvalue weighted by atomic mass is 9.85. The van der Waals surface area contributed by atoms with Gasteiger partial charge in [-0.15, -0.1) is 10.2 Å². The second-order valence-electron chi connectivity index (χ2n) is 9.76. The molecule has 0 bridgehead atoms. The van der Waals surface area contributed by atoms with E-state index < -0.39 is 6.29 Å². The lowest BCUT2D eigenvalue weighted by molar-refractivity contribution is -0.112. The van der Waals surface area contributed by atoms with Crippen LogP contribution in [0.4, 0.5) is 4.39 Å². The molecule has 3 heterocycles. The molecule has 190 valence electrons. The first-order chi connectivity index (χ1) is 18.2. The fourth-order valence-electron chi connectivity index (χ4n) is 5.35. The first-order valence-corrected chi connectivity index (χ1v) is 13.8. The van der Waals surface area contributed by atoms with E-state index in [0.29, 0.717) is 30.1 Å². The lowest BCUT2D eigenvalue weighted by Crippen LogP contribution is -2.22. The highest BCUT2D eigenvalue weighted by Gasteiger charge is 2.30. The van der Waals surface area contributed by atoms with Gasteiger partial charge in [0.15, 0.2) is 11.0 Å². The van der Waals surface area contributed by atoms with Crippen LogP contribution in [0.15, 0.2) is 72.1 Å². The Morgan fingerprint density at radius 1 is 1.05 bits per heavy atom. The van der Waals surface area contributed by atoms with E-state index in [1.165, 1.54) is 25.3 Å². The quantitative estimate of drug-likeness (QED) is 0.254. The van der Waals surface area contributed by atoms with Gasteiger partial charge in [-0.05, 0) is 43.0 Å². The van der Waals surface area contributed by atoms with Crippen molar-refractivity contribution in [2.45, 2.75) is 62.5 Å². The normalized spacial score (nSPS) is 21.3. The van der Waals surface area contributed by atoms with Gasteiger partial charge in [-0.2, -0.15) is 0 Å². The number of fused-ring (bicyclic) bond motifs is 1. The Balaban J connectivity index is 1.31. The molecule has 3 atom stereocenters. The van der Waals surface area contributed by atoms with Gasteiger partial charge in [0, 0.05) is 46.4 Å². The van der Waals surface area contributed by atoms with Gasteiger partial charge in [-0.25, -0.2) is 4.39 Å². The largest absolute Gasteiger partial charge is 0.460 e. The van der Waals surface area contributed by atoms with Gasteiger partial charge in [0.25, 0.3) is 0 Å². The van der Waals surface area contributed by atoms with Crippen LogP contribution in [-0.4, -0.2) is 19.7 Å². The van der Waals surface area contributed by atoms with Gasteiger partial charge in [0.2, 0.25) is 6.29 Å². The van der Waals surface area contributed by atoms with Crippen molar-refractivity contribution < 1.29 is 13.9 Å². The summed E-state index contributed by atoms with van der Waals surface area (Å²) in [5.41, 5.74) is 3.40. The highest BCUT2D eigenvalue weighted by Crippen LogP contribution is 2.42. The van der Waals surface area contributed by atoms with Crippen LogP contribution in [0.5, 0.6) is 5.75 Å². The Morgan fingerprint density at radius 2 is 1.92 bits per heavy atom. The number of rotatable bonds is 6. The maximum absolute atomic E-state index is 14.6. The number of thioether (sulfide) groups is 1. The van der Waals surface area contributed by atoms with E-state index in [4.69, 9.17) is 9.47 Å². The molecule has 1 fully saturated rings. The summed E-state index contributed by atoms with van der Waals surface area (Å²) in [5, 5.41) is 10.0. The van der Waals surface area contributed by atoms with Crippen LogP contribution in [0.25, 0.3) is 11.4 Å². The molecule has 0 radical (unpaired) electrons. The SMILES string of the molecule is C[C@H]1CCCC[C@@H]1n1c(SCc2cc(F)cc3c2O[C@@H](c2ccccc2)OC3)nnc1-c1cccnc1. The summed E-state index contributed by atoms with van der Waals surface area (Å²) in [6, 6.07) is 17.1. The van der Waals surface area contributed by atoms with Crippen molar-refractivity contribution >= 4 is 11.8 Å². The van der Waals surface area contributed by atoms with Crippen LogP contribution in [0.2, 0.25) is 0 Å². The Bertz CT molecular complexity index is 1370. The van der Waals surface area contributed by atoms with E-state index in [1.807, 2.05) is 48.7 Å². The first kappa shape index (κ1) is 24.1. The number of ether oxygens (including phenoxy) is 2. The van der Waals surface area contributed by atoms with E-state index >= 15 is 0 Å². The van der Waals surface area contributed by atoms with Gasteiger partial charge in [-0.3, -0.25) is 9.55 Å². The van der Waals surface area contributed by atoms with Crippen LogP contribution in [0.1, 0.15) is 61.6 Å². The number of aromatic nitrogens is 4. The Kier molecular flexibility index (Phi) is 6.93. The molecule has 4 aromatic rings. The molecular formula is C29H29FN4O2S.